The Hall–Kier alpha value is -2.94. The van der Waals surface area contributed by atoms with E-state index in [1.54, 1.807) is 14.2 Å². The Morgan fingerprint density at radius 2 is 1.59 bits per heavy atom. The van der Waals surface area contributed by atoms with E-state index in [2.05, 4.69) is 44.2 Å². The molecule has 138 valence electrons. The van der Waals surface area contributed by atoms with E-state index in [1.165, 1.54) is 33.4 Å². The van der Waals surface area contributed by atoms with Gasteiger partial charge in [0.05, 0.1) is 14.2 Å². The van der Waals surface area contributed by atoms with Crippen LogP contribution < -0.4 is 9.47 Å². The lowest BCUT2D eigenvalue weighted by Crippen LogP contribution is -1.96. The number of fused-ring (bicyclic) bond motifs is 1. The van der Waals surface area contributed by atoms with Gasteiger partial charge in [0.25, 0.3) is 0 Å². The van der Waals surface area contributed by atoms with Crippen molar-refractivity contribution < 1.29 is 13.9 Å². The predicted octanol–water partition coefficient (Wildman–Crippen LogP) is 5.99. The maximum Gasteiger partial charge on any atom is 0.130 e. The zero-order valence-corrected chi connectivity index (χ0v) is 16.5. The van der Waals surface area contributed by atoms with Crippen molar-refractivity contribution in [1.29, 1.82) is 0 Å². The maximum absolute atomic E-state index is 5.87. The van der Waals surface area contributed by atoms with Crippen molar-refractivity contribution in [2.45, 2.75) is 27.2 Å². The van der Waals surface area contributed by atoms with Crippen molar-refractivity contribution in [3.8, 4) is 22.6 Å². The van der Waals surface area contributed by atoms with Gasteiger partial charge in [0.1, 0.15) is 23.0 Å². The van der Waals surface area contributed by atoms with Gasteiger partial charge in [-0.3, -0.25) is 0 Å². The number of furan rings is 1. The van der Waals surface area contributed by atoms with Gasteiger partial charge in [-0.25, -0.2) is 0 Å². The second-order valence-corrected chi connectivity index (χ2v) is 7.12. The molecule has 0 fully saturated rings. The van der Waals surface area contributed by atoms with Gasteiger partial charge in [-0.05, 0) is 90.1 Å². The van der Waals surface area contributed by atoms with Gasteiger partial charge in [-0.1, -0.05) is 6.07 Å². The lowest BCUT2D eigenvalue weighted by Gasteiger charge is -2.16. The summed E-state index contributed by atoms with van der Waals surface area (Å²) in [4.78, 5) is 0. The Balaban J connectivity index is 1.92. The summed E-state index contributed by atoms with van der Waals surface area (Å²) in [5, 5.41) is 0. The zero-order chi connectivity index (χ0) is 19.1. The molecule has 0 radical (unpaired) electrons. The summed E-state index contributed by atoms with van der Waals surface area (Å²) in [5.74, 6) is 3.48. The van der Waals surface area contributed by atoms with Crippen LogP contribution in [0.5, 0.6) is 11.5 Å². The van der Waals surface area contributed by atoms with E-state index >= 15 is 0 Å². The van der Waals surface area contributed by atoms with Crippen LogP contribution in [0.2, 0.25) is 0 Å². The van der Waals surface area contributed by atoms with E-state index in [0.29, 0.717) is 0 Å². The first-order valence-electron chi connectivity index (χ1n) is 9.14. The lowest BCUT2D eigenvalue weighted by atomic mass is 9.89. The number of methoxy groups -OCH3 is 2. The Kier molecular flexibility index (Phi) is 4.31. The molecule has 1 aliphatic rings. The van der Waals surface area contributed by atoms with E-state index in [-0.39, 0.29) is 0 Å². The molecule has 0 saturated carbocycles. The molecule has 0 amide bonds. The van der Waals surface area contributed by atoms with E-state index in [1.807, 2.05) is 19.1 Å². The number of rotatable bonds is 4. The molecule has 0 spiro atoms. The molecule has 1 aliphatic carbocycles. The summed E-state index contributed by atoms with van der Waals surface area (Å²) in [6.07, 6.45) is 3.15. The topological polar surface area (TPSA) is 31.6 Å². The quantitative estimate of drug-likeness (QED) is 0.573. The molecule has 27 heavy (non-hydrogen) atoms. The molecule has 0 aliphatic heterocycles. The first kappa shape index (κ1) is 17.5. The molecule has 3 heteroatoms. The van der Waals surface area contributed by atoms with Crippen LogP contribution in [-0.4, -0.2) is 14.2 Å². The Bertz CT molecular complexity index is 1030. The number of aryl methyl sites for hydroxylation is 2. The normalized spacial score (nSPS) is 12.7. The van der Waals surface area contributed by atoms with Crippen LogP contribution in [0.4, 0.5) is 0 Å². The molecule has 0 saturated heterocycles. The standard InChI is InChI=1S/C24H24O3/c1-14-8-17-9-18(23-7-6-15(2)27-23)12-22(17)24(16(14)3)19-10-20(25-4)13-21(11-19)26-5/h6-8,10-13H,9H2,1-5H3. The van der Waals surface area contributed by atoms with Gasteiger partial charge < -0.3 is 13.9 Å². The second kappa shape index (κ2) is 6.66. The van der Waals surface area contributed by atoms with Gasteiger partial charge in [0.15, 0.2) is 0 Å². The minimum absolute atomic E-state index is 0.794. The summed E-state index contributed by atoms with van der Waals surface area (Å²) < 4.78 is 16.9. The van der Waals surface area contributed by atoms with Gasteiger partial charge in [0.2, 0.25) is 0 Å². The first-order chi connectivity index (χ1) is 13.0. The average Bonchev–Trinajstić information content (AvgIpc) is 3.28. The molecule has 0 bridgehead atoms. The summed E-state index contributed by atoms with van der Waals surface area (Å²) in [7, 11) is 3.37. The summed E-state index contributed by atoms with van der Waals surface area (Å²) in [5.41, 5.74) is 8.72. The van der Waals surface area contributed by atoms with Crippen molar-refractivity contribution >= 4 is 11.6 Å². The van der Waals surface area contributed by atoms with Crippen molar-refractivity contribution in [3.63, 3.8) is 0 Å². The third-order valence-electron chi connectivity index (χ3n) is 5.37. The molecule has 3 nitrogen and oxygen atoms in total. The third-order valence-corrected chi connectivity index (χ3v) is 5.37. The molecular formula is C24H24O3. The highest BCUT2D eigenvalue weighted by Crippen LogP contribution is 2.42. The highest BCUT2D eigenvalue weighted by atomic mass is 16.5. The van der Waals surface area contributed by atoms with Crippen LogP contribution in [0.3, 0.4) is 0 Å². The van der Waals surface area contributed by atoms with E-state index in [0.717, 1.165) is 35.0 Å². The van der Waals surface area contributed by atoms with Crippen LogP contribution in [0.25, 0.3) is 22.8 Å². The van der Waals surface area contributed by atoms with Crippen molar-refractivity contribution in [2.24, 2.45) is 0 Å². The highest BCUT2D eigenvalue weighted by Gasteiger charge is 2.23. The van der Waals surface area contributed by atoms with E-state index in [9.17, 15) is 0 Å². The van der Waals surface area contributed by atoms with Gasteiger partial charge >= 0.3 is 0 Å². The molecule has 0 N–H and O–H groups in total. The molecule has 0 atom stereocenters. The van der Waals surface area contributed by atoms with Crippen LogP contribution in [0, 0.1) is 20.8 Å². The van der Waals surface area contributed by atoms with Crippen LogP contribution in [0.15, 0.2) is 40.8 Å². The summed E-state index contributed by atoms with van der Waals surface area (Å²) in [6.45, 7) is 6.33. The average molecular weight is 360 g/mol. The lowest BCUT2D eigenvalue weighted by molar-refractivity contribution is 0.394. The van der Waals surface area contributed by atoms with Gasteiger partial charge in [0, 0.05) is 12.5 Å². The summed E-state index contributed by atoms with van der Waals surface area (Å²) >= 11 is 0. The van der Waals surface area contributed by atoms with Crippen LogP contribution in [-0.2, 0) is 6.42 Å². The molecule has 1 heterocycles. The molecular weight excluding hydrogens is 336 g/mol. The Morgan fingerprint density at radius 1 is 0.889 bits per heavy atom. The number of hydrogen-bond acceptors (Lipinski definition) is 3. The summed E-state index contributed by atoms with van der Waals surface area (Å²) in [6, 6.07) is 12.4. The minimum atomic E-state index is 0.794. The fourth-order valence-corrected chi connectivity index (χ4v) is 3.84. The van der Waals surface area contributed by atoms with Gasteiger partial charge in [-0.2, -0.15) is 0 Å². The fraction of sp³-hybridized carbons (Fsp3) is 0.250. The molecule has 0 unspecified atom stereocenters. The third kappa shape index (κ3) is 3.03. The predicted molar refractivity (Wildman–Crippen MR) is 109 cm³/mol. The van der Waals surface area contributed by atoms with Crippen molar-refractivity contribution in [1.82, 2.24) is 0 Å². The minimum Gasteiger partial charge on any atom is -0.497 e. The number of benzene rings is 2. The smallest absolute Gasteiger partial charge is 0.130 e. The first-order valence-corrected chi connectivity index (χ1v) is 9.14. The monoisotopic (exact) mass is 360 g/mol. The molecule has 4 rings (SSSR count). The van der Waals surface area contributed by atoms with Crippen molar-refractivity contribution in [3.05, 3.63) is 70.2 Å². The molecule has 3 aromatic rings. The molecule has 1 aromatic heterocycles. The Morgan fingerprint density at radius 3 is 2.19 bits per heavy atom. The largest absolute Gasteiger partial charge is 0.497 e. The second-order valence-electron chi connectivity index (χ2n) is 7.12. The SMILES string of the molecule is COc1cc(OC)cc(-c2c(C)c(C)cc3c2C=C(c2ccc(C)o2)C3)c1. The Labute approximate surface area is 160 Å². The fourth-order valence-electron chi connectivity index (χ4n) is 3.84. The zero-order valence-electron chi connectivity index (χ0n) is 16.5. The van der Waals surface area contributed by atoms with E-state index in [4.69, 9.17) is 13.9 Å². The van der Waals surface area contributed by atoms with E-state index < -0.39 is 0 Å². The highest BCUT2D eigenvalue weighted by molar-refractivity contribution is 5.94. The number of allylic oxidation sites excluding steroid dienone is 1. The molecule has 2 aromatic carbocycles. The van der Waals surface area contributed by atoms with Crippen LogP contribution >= 0.6 is 0 Å². The number of ether oxygens (including phenoxy) is 2. The maximum atomic E-state index is 5.87. The van der Waals surface area contributed by atoms with Gasteiger partial charge in [-0.15, -0.1) is 0 Å². The number of hydrogen-bond donors (Lipinski definition) is 0. The van der Waals surface area contributed by atoms with Crippen LogP contribution in [0.1, 0.15) is 33.8 Å². The van der Waals surface area contributed by atoms with Crippen molar-refractivity contribution in [2.75, 3.05) is 14.2 Å².